The number of aromatic nitrogens is 1. The van der Waals surface area contributed by atoms with Crippen LogP contribution in [-0.4, -0.2) is 18.1 Å². The minimum absolute atomic E-state index is 0.592. The van der Waals surface area contributed by atoms with E-state index in [0.29, 0.717) is 11.9 Å². The number of aryl methyl sites for hydroxylation is 1. The molecule has 0 bridgehead atoms. The Morgan fingerprint density at radius 3 is 3.00 bits per heavy atom. The predicted octanol–water partition coefficient (Wildman–Crippen LogP) is 1.59. The summed E-state index contributed by atoms with van der Waals surface area (Å²) in [5.41, 5.74) is 6.87. The Bertz CT molecular complexity index is 273. The first-order valence-corrected chi connectivity index (χ1v) is 5.10. The summed E-state index contributed by atoms with van der Waals surface area (Å²) in [5.74, 6) is 0.615. The number of rotatable bonds is 5. The Labute approximate surface area is 85.7 Å². The van der Waals surface area contributed by atoms with Gasteiger partial charge in [0.1, 0.15) is 5.82 Å². The Morgan fingerprint density at radius 2 is 2.36 bits per heavy atom. The second-order valence-electron chi connectivity index (χ2n) is 3.67. The number of hydrogen-bond acceptors (Lipinski definition) is 3. The van der Waals surface area contributed by atoms with Gasteiger partial charge in [0.15, 0.2) is 0 Å². The molecular weight excluding hydrogens is 174 g/mol. The lowest BCUT2D eigenvalue weighted by atomic mass is 10.1. The van der Waals surface area contributed by atoms with Crippen LogP contribution in [0.4, 0.5) is 5.82 Å². The first-order valence-electron chi connectivity index (χ1n) is 5.10. The molecule has 1 aromatic heterocycles. The number of nitrogens with two attached hydrogens (primary N) is 1. The van der Waals surface area contributed by atoms with E-state index in [1.54, 1.807) is 6.20 Å². The molecule has 0 saturated carbocycles. The zero-order valence-electron chi connectivity index (χ0n) is 8.96. The summed E-state index contributed by atoms with van der Waals surface area (Å²) in [5, 5.41) is 3.23. The van der Waals surface area contributed by atoms with E-state index < -0.39 is 0 Å². The molecule has 1 heterocycles. The highest BCUT2D eigenvalue weighted by molar-refractivity contribution is 5.31. The summed E-state index contributed by atoms with van der Waals surface area (Å²) in [4.78, 5) is 3.96. The van der Waals surface area contributed by atoms with Crippen molar-refractivity contribution in [2.75, 3.05) is 12.8 Å². The van der Waals surface area contributed by atoms with Crippen molar-refractivity contribution >= 4 is 5.82 Å². The van der Waals surface area contributed by atoms with Gasteiger partial charge in [-0.2, -0.15) is 0 Å². The van der Waals surface area contributed by atoms with E-state index in [4.69, 9.17) is 5.73 Å². The Balaban J connectivity index is 2.31. The van der Waals surface area contributed by atoms with Gasteiger partial charge in [0, 0.05) is 12.2 Å². The molecule has 0 aliphatic carbocycles. The summed E-state index contributed by atoms with van der Waals surface area (Å²) in [6.07, 6.45) is 5.23. The fourth-order valence-electron chi connectivity index (χ4n) is 1.41. The third kappa shape index (κ3) is 3.75. The van der Waals surface area contributed by atoms with Crippen LogP contribution in [0.1, 0.15) is 25.3 Å². The molecule has 1 aromatic rings. The molecule has 14 heavy (non-hydrogen) atoms. The lowest BCUT2D eigenvalue weighted by Gasteiger charge is -2.09. The van der Waals surface area contributed by atoms with E-state index >= 15 is 0 Å². The molecule has 0 amide bonds. The lowest BCUT2D eigenvalue weighted by molar-refractivity contribution is 0.542. The normalized spacial score (nSPS) is 12.7. The van der Waals surface area contributed by atoms with Crippen LogP contribution in [0.5, 0.6) is 0 Å². The van der Waals surface area contributed by atoms with Crippen molar-refractivity contribution in [1.29, 1.82) is 0 Å². The zero-order chi connectivity index (χ0) is 10.4. The quantitative estimate of drug-likeness (QED) is 0.746. The van der Waals surface area contributed by atoms with Crippen LogP contribution in [0, 0.1) is 0 Å². The molecule has 78 valence electrons. The summed E-state index contributed by atoms with van der Waals surface area (Å²) < 4.78 is 0. The number of pyridine rings is 1. The predicted molar refractivity (Wildman–Crippen MR) is 60.1 cm³/mol. The van der Waals surface area contributed by atoms with Crippen molar-refractivity contribution in [2.45, 2.75) is 32.2 Å². The van der Waals surface area contributed by atoms with Crippen molar-refractivity contribution in [1.82, 2.24) is 10.3 Å². The Kier molecular flexibility index (Phi) is 4.40. The van der Waals surface area contributed by atoms with Crippen LogP contribution in [0.3, 0.4) is 0 Å². The minimum atomic E-state index is 0.592. The van der Waals surface area contributed by atoms with Crippen LogP contribution in [0.2, 0.25) is 0 Å². The van der Waals surface area contributed by atoms with Crippen LogP contribution >= 0.6 is 0 Å². The molecule has 0 fully saturated rings. The van der Waals surface area contributed by atoms with Gasteiger partial charge in [0.2, 0.25) is 0 Å². The zero-order valence-corrected chi connectivity index (χ0v) is 8.96. The van der Waals surface area contributed by atoms with Gasteiger partial charge in [-0.15, -0.1) is 0 Å². The maximum atomic E-state index is 5.59. The van der Waals surface area contributed by atoms with Gasteiger partial charge in [-0.1, -0.05) is 0 Å². The van der Waals surface area contributed by atoms with E-state index in [2.05, 4.69) is 17.2 Å². The average Bonchev–Trinajstić information content (AvgIpc) is 2.17. The largest absolute Gasteiger partial charge is 0.384 e. The SMILES string of the molecule is CNC(C)CCCc1ccnc(N)c1. The van der Waals surface area contributed by atoms with Crippen LogP contribution in [0.25, 0.3) is 0 Å². The third-order valence-corrected chi connectivity index (χ3v) is 2.44. The Morgan fingerprint density at radius 1 is 1.57 bits per heavy atom. The smallest absolute Gasteiger partial charge is 0.123 e. The fourth-order valence-corrected chi connectivity index (χ4v) is 1.41. The minimum Gasteiger partial charge on any atom is -0.384 e. The second-order valence-corrected chi connectivity index (χ2v) is 3.67. The van der Waals surface area contributed by atoms with E-state index in [0.717, 1.165) is 6.42 Å². The molecule has 0 aliphatic heterocycles. The molecular formula is C11H19N3. The van der Waals surface area contributed by atoms with E-state index in [1.807, 2.05) is 19.2 Å². The van der Waals surface area contributed by atoms with Crippen LogP contribution < -0.4 is 11.1 Å². The summed E-state index contributed by atoms with van der Waals surface area (Å²) >= 11 is 0. The molecule has 0 radical (unpaired) electrons. The van der Waals surface area contributed by atoms with Crippen molar-refractivity contribution in [3.63, 3.8) is 0 Å². The summed E-state index contributed by atoms with van der Waals surface area (Å²) in [6, 6.07) is 4.57. The molecule has 1 atom stereocenters. The number of nitrogen functional groups attached to an aromatic ring is 1. The second kappa shape index (κ2) is 5.60. The average molecular weight is 193 g/mol. The summed E-state index contributed by atoms with van der Waals surface area (Å²) in [6.45, 7) is 2.20. The number of nitrogens with one attached hydrogen (secondary N) is 1. The van der Waals surface area contributed by atoms with Crippen LogP contribution in [0.15, 0.2) is 18.3 Å². The first kappa shape index (κ1) is 11.0. The van der Waals surface area contributed by atoms with Gasteiger partial charge < -0.3 is 11.1 Å². The van der Waals surface area contributed by atoms with Gasteiger partial charge in [-0.05, 0) is 50.9 Å². The molecule has 3 heteroatoms. The molecule has 0 aliphatic rings. The standard InChI is InChI=1S/C11H19N3/c1-9(13-2)4-3-5-10-6-7-14-11(12)8-10/h6-9,13H,3-5H2,1-2H3,(H2,12,14). The van der Waals surface area contributed by atoms with Crippen LogP contribution in [-0.2, 0) is 6.42 Å². The first-order chi connectivity index (χ1) is 6.72. The van der Waals surface area contributed by atoms with Gasteiger partial charge in [-0.25, -0.2) is 4.98 Å². The Hall–Kier alpha value is -1.09. The van der Waals surface area contributed by atoms with Crippen molar-refractivity contribution in [3.8, 4) is 0 Å². The maximum absolute atomic E-state index is 5.59. The number of nitrogens with zero attached hydrogens (tertiary/aromatic N) is 1. The maximum Gasteiger partial charge on any atom is 0.123 e. The van der Waals surface area contributed by atoms with Crippen molar-refractivity contribution in [2.24, 2.45) is 0 Å². The van der Waals surface area contributed by atoms with Crippen molar-refractivity contribution < 1.29 is 0 Å². The van der Waals surface area contributed by atoms with E-state index in [9.17, 15) is 0 Å². The number of hydrogen-bond donors (Lipinski definition) is 2. The highest BCUT2D eigenvalue weighted by Crippen LogP contribution is 2.08. The molecule has 0 spiro atoms. The summed E-state index contributed by atoms with van der Waals surface area (Å²) in [7, 11) is 2.00. The van der Waals surface area contributed by atoms with Gasteiger partial charge in [0.25, 0.3) is 0 Å². The molecule has 1 unspecified atom stereocenters. The lowest BCUT2D eigenvalue weighted by Crippen LogP contribution is -2.20. The topological polar surface area (TPSA) is 50.9 Å². The van der Waals surface area contributed by atoms with Gasteiger partial charge in [0.05, 0.1) is 0 Å². The molecule has 3 N–H and O–H groups in total. The fraction of sp³-hybridized carbons (Fsp3) is 0.545. The monoisotopic (exact) mass is 193 g/mol. The van der Waals surface area contributed by atoms with E-state index in [-0.39, 0.29) is 0 Å². The molecule has 3 nitrogen and oxygen atoms in total. The van der Waals surface area contributed by atoms with Gasteiger partial charge in [-0.3, -0.25) is 0 Å². The highest BCUT2D eigenvalue weighted by Gasteiger charge is 1.99. The molecule has 1 rings (SSSR count). The van der Waals surface area contributed by atoms with Crippen molar-refractivity contribution in [3.05, 3.63) is 23.9 Å². The molecule has 0 saturated heterocycles. The highest BCUT2D eigenvalue weighted by atomic mass is 14.8. The third-order valence-electron chi connectivity index (χ3n) is 2.44. The molecule has 0 aromatic carbocycles. The van der Waals surface area contributed by atoms with Gasteiger partial charge >= 0.3 is 0 Å². The van der Waals surface area contributed by atoms with E-state index in [1.165, 1.54) is 18.4 Å². The number of anilines is 1.